The maximum atomic E-state index is 2.36. The molecule has 0 radical (unpaired) electrons. The third-order valence-electron chi connectivity index (χ3n) is 4.37. The molecule has 128 valence electrons. The Morgan fingerprint density at radius 2 is 0.905 bits per heavy atom. The van der Waals surface area contributed by atoms with Gasteiger partial charge in [-0.1, -0.05) is 91.9 Å². The summed E-state index contributed by atoms with van der Waals surface area (Å²) in [5, 5.41) is 1.88. The normalized spacial score (nSPS) is 14.3. The molecule has 21 heavy (non-hydrogen) atoms. The smallest absolute Gasteiger partial charge is 0.00497 e. The van der Waals surface area contributed by atoms with Crippen molar-refractivity contribution in [2.45, 2.75) is 128 Å². The second kappa shape index (κ2) is 16.7. The van der Waals surface area contributed by atoms with Crippen LogP contribution in [0.15, 0.2) is 0 Å². The van der Waals surface area contributed by atoms with Crippen LogP contribution < -0.4 is 0 Å². The van der Waals surface area contributed by atoms with Gasteiger partial charge in [0.2, 0.25) is 0 Å². The Morgan fingerprint density at radius 3 is 1.24 bits per heavy atom. The van der Waals surface area contributed by atoms with Crippen LogP contribution in [0.3, 0.4) is 0 Å². The first kappa shape index (κ1) is 21.4. The molecule has 0 N–H and O–H groups in total. The van der Waals surface area contributed by atoms with Crippen LogP contribution in [0.1, 0.15) is 118 Å². The maximum absolute atomic E-state index is 2.36. The summed E-state index contributed by atoms with van der Waals surface area (Å²) < 4.78 is 0. The van der Waals surface area contributed by atoms with Crippen molar-refractivity contribution in [1.29, 1.82) is 0 Å². The minimum atomic E-state index is 0.939. The summed E-state index contributed by atoms with van der Waals surface area (Å²) >= 11 is 2.36. The Balaban J connectivity index is 4.04. The lowest BCUT2D eigenvalue weighted by atomic mass is 10.1. The molecule has 0 fully saturated rings. The molecule has 0 aliphatic heterocycles. The van der Waals surface area contributed by atoms with Crippen LogP contribution >= 0.6 is 11.8 Å². The quantitative estimate of drug-likeness (QED) is 0.260. The van der Waals surface area contributed by atoms with Crippen LogP contribution in [0.25, 0.3) is 0 Å². The van der Waals surface area contributed by atoms with E-state index in [1.54, 1.807) is 0 Å². The Kier molecular flexibility index (Phi) is 17.0. The molecule has 0 aromatic rings. The maximum Gasteiger partial charge on any atom is 0.00497 e. The highest BCUT2D eigenvalue weighted by atomic mass is 32.2. The van der Waals surface area contributed by atoms with Crippen LogP contribution in [-0.4, -0.2) is 10.5 Å². The van der Waals surface area contributed by atoms with Crippen molar-refractivity contribution in [2.24, 2.45) is 0 Å². The monoisotopic (exact) mass is 314 g/mol. The van der Waals surface area contributed by atoms with Gasteiger partial charge in [0.05, 0.1) is 0 Å². The van der Waals surface area contributed by atoms with Crippen LogP contribution in [-0.2, 0) is 0 Å². The standard InChI is InChI=1S/C20H42S/c1-5-9-11-13-17-19(15-7-3)21-20(16-8-4)18-14-12-10-6-2/h19-20H,5-18H2,1-4H3. The van der Waals surface area contributed by atoms with E-state index in [4.69, 9.17) is 0 Å². The minimum absolute atomic E-state index is 0.939. The van der Waals surface area contributed by atoms with Crippen LogP contribution in [0.2, 0.25) is 0 Å². The predicted octanol–water partition coefficient (Wildman–Crippen LogP) is 8.00. The van der Waals surface area contributed by atoms with Gasteiger partial charge < -0.3 is 0 Å². The lowest BCUT2D eigenvalue weighted by molar-refractivity contribution is 0.576. The van der Waals surface area contributed by atoms with E-state index in [0.717, 1.165) is 10.5 Å². The van der Waals surface area contributed by atoms with Crippen molar-refractivity contribution in [3.63, 3.8) is 0 Å². The Labute approximate surface area is 140 Å². The summed E-state index contributed by atoms with van der Waals surface area (Å²) in [4.78, 5) is 0. The number of thioether (sulfide) groups is 1. The lowest BCUT2D eigenvalue weighted by Gasteiger charge is -2.23. The summed E-state index contributed by atoms with van der Waals surface area (Å²) in [6, 6.07) is 0. The van der Waals surface area contributed by atoms with Gasteiger partial charge in [0.1, 0.15) is 0 Å². The van der Waals surface area contributed by atoms with E-state index in [1.165, 1.54) is 89.9 Å². The fraction of sp³-hybridized carbons (Fsp3) is 1.00. The van der Waals surface area contributed by atoms with Gasteiger partial charge in [0.25, 0.3) is 0 Å². The summed E-state index contributed by atoms with van der Waals surface area (Å²) in [6.07, 6.45) is 19.9. The lowest BCUT2D eigenvalue weighted by Crippen LogP contribution is -2.11. The molecule has 0 spiro atoms. The SMILES string of the molecule is CCCCCCC(CCC)SC(CCC)CCCCCC. The van der Waals surface area contributed by atoms with Gasteiger partial charge in [-0.25, -0.2) is 0 Å². The Morgan fingerprint density at radius 1 is 0.476 bits per heavy atom. The van der Waals surface area contributed by atoms with Gasteiger partial charge in [0.15, 0.2) is 0 Å². The Bertz CT molecular complexity index is 170. The topological polar surface area (TPSA) is 0 Å². The minimum Gasteiger partial charge on any atom is -0.155 e. The second-order valence-electron chi connectivity index (χ2n) is 6.66. The summed E-state index contributed by atoms with van der Waals surface area (Å²) in [5.74, 6) is 0. The first-order valence-corrected chi connectivity index (χ1v) is 10.9. The van der Waals surface area contributed by atoms with Crippen LogP contribution in [0.5, 0.6) is 0 Å². The number of hydrogen-bond donors (Lipinski definition) is 0. The highest BCUT2D eigenvalue weighted by molar-refractivity contribution is 8.00. The largest absolute Gasteiger partial charge is 0.155 e. The average molecular weight is 315 g/mol. The van der Waals surface area contributed by atoms with E-state index in [1.807, 2.05) is 0 Å². The molecule has 0 saturated carbocycles. The fourth-order valence-corrected chi connectivity index (χ4v) is 4.97. The molecular weight excluding hydrogens is 272 g/mol. The molecule has 0 amide bonds. The van der Waals surface area contributed by atoms with Crippen LogP contribution in [0, 0.1) is 0 Å². The van der Waals surface area contributed by atoms with Gasteiger partial charge in [0, 0.05) is 10.5 Å². The molecule has 0 aromatic heterocycles. The highest BCUT2D eigenvalue weighted by Crippen LogP contribution is 2.32. The zero-order chi connectivity index (χ0) is 15.8. The molecule has 0 nitrogen and oxygen atoms in total. The van der Waals surface area contributed by atoms with Crippen molar-refractivity contribution in [1.82, 2.24) is 0 Å². The van der Waals surface area contributed by atoms with Crippen LogP contribution in [0.4, 0.5) is 0 Å². The third kappa shape index (κ3) is 13.7. The van der Waals surface area contributed by atoms with Gasteiger partial charge in [-0.2, -0.15) is 11.8 Å². The van der Waals surface area contributed by atoms with E-state index in [9.17, 15) is 0 Å². The molecule has 0 rings (SSSR count). The zero-order valence-corrected chi connectivity index (χ0v) is 16.3. The van der Waals surface area contributed by atoms with Crippen molar-refractivity contribution >= 4 is 11.8 Å². The molecule has 0 saturated heterocycles. The van der Waals surface area contributed by atoms with E-state index in [0.29, 0.717) is 0 Å². The molecule has 1 heteroatoms. The second-order valence-corrected chi connectivity index (χ2v) is 8.26. The number of unbranched alkanes of at least 4 members (excludes halogenated alkanes) is 6. The van der Waals surface area contributed by atoms with E-state index < -0.39 is 0 Å². The van der Waals surface area contributed by atoms with E-state index in [-0.39, 0.29) is 0 Å². The van der Waals surface area contributed by atoms with Crippen molar-refractivity contribution in [3.8, 4) is 0 Å². The first-order valence-electron chi connectivity index (χ1n) is 9.93. The predicted molar refractivity (Wildman–Crippen MR) is 103 cm³/mol. The average Bonchev–Trinajstić information content (AvgIpc) is 2.48. The molecule has 0 aliphatic carbocycles. The molecule has 0 heterocycles. The fourth-order valence-electron chi connectivity index (χ4n) is 3.07. The third-order valence-corrected chi connectivity index (χ3v) is 6.08. The molecule has 0 aromatic carbocycles. The van der Waals surface area contributed by atoms with Gasteiger partial charge in [-0.05, 0) is 25.7 Å². The summed E-state index contributed by atoms with van der Waals surface area (Å²) in [5.41, 5.74) is 0. The van der Waals surface area contributed by atoms with Gasteiger partial charge >= 0.3 is 0 Å². The highest BCUT2D eigenvalue weighted by Gasteiger charge is 2.15. The molecule has 0 aliphatic rings. The Hall–Kier alpha value is 0.350. The first-order chi connectivity index (χ1) is 10.3. The van der Waals surface area contributed by atoms with Gasteiger partial charge in [-0.3, -0.25) is 0 Å². The molecular formula is C20H42S. The number of rotatable bonds is 16. The number of hydrogen-bond acceptors (Lipinski definition) is 1. The zero-order valence-electron chi connectivity index (χ0n) is 15.5. The summed E-state index contributed by atoms with van der Waals surface area (Å²) in [6.45, 7) is 9.34. The van der Waals surface area contributed by atoms with E-state index in [2.05, 4.69) is 39.5 Å². The van der Waals surface area contributed by atoms with Crippen molar-refractivity contribution in [3.05, 3.63) is 0 Å². The molecule has 2 unspecified atom stereocenters. The summed E-state index contributed by atoms with van der Waals surface area (Å²) in [7, 11) is 0. The van der Waals surface area contributed by atoms with E-state index >= 15 is 0 Å². The van der Waals surface area contributed by atoms with Gasteiger partial charge in [-0.15, -0.1) is 0 Å². The molecule has 0 bridgehead atoms. The van der Waals surface area contributed by atoms with Crippen molar-refractivity contribution < 1.29 is 0 Å². The van der Waals surface area contributed by atoms with Crippen molar-refractivity contribution in [2.75, 3.05) is 0 Å². The molecule has 2 atom stereocenters.